The molecule has 0 unspecified atom stereocenters. The van der Waals surface area contributed by atoms with Crippen molar-refractivity contribution in [1.82, 2.24) is 19.7 Å². The van der Waals surface area contributed by atoms with Gasteiger partial charge < -0.3 is 9.88 Å². The molecule has 0 saturated heterocycles. The molecule has 30 heavy (non-hydrogen) atoms. The van der Waals surface area contributed by atoms with Crippen LogP contribution in [0.15, 0.2) is 65.1 Å². The van der Waals surface area contributed by atoms with Gasteiger partial charge in [-0.2, -0.15) is 0 Å². The molecule has 0 fully saturated rings. The van der Waals surface area contributed by atoms with Gasteiger partial charge in [0.25, 0.3) is 0 Å². The number of nitrogens with one attached hydrogen (secondary N) is 1. The van der Waals surface area contributed by atoms with Crippen LogP contribution in [0.4, 0.5) is 5.13 Å². The summed E-state index contributed by atoms with van der Waals surface area (Å²) in [6.07, 6.45) is 1.01. The molecule has 2 aromatic heterocycles. The highest BCUT2D eigenvalue weighted by Gasteiger charge is 2.14. The zero-order valence-electron chi connectivity index (χ0n) is 16.7. The molecule has 0 saturated carbocycles. The second-order valence-electron chi connectivity index (χ2n) is 6.66. The summed E-state index contributed by atoms with van der Waals surface area (Å²) in [6.45, 7) is 2.13. The van der Waals surface area contributed by atoms with E-state index in [2.05, 4.69) is 51.7 Å². The monoisotopic (exact) mass is 435 g/mol. The number of nitrogens with zero attached hydrogens (tertiary/aromatic N) is 4. The molecule has 0 spiro atoms. The van der Waals surface area contributed by atoms with Gasteiger partial charge in [-0.1, -0.05) is 73.3 Å². The maximum Gasteiger partial charge on any atom is 0.236 e. The first-order chi connectivity index (χ1) is 14.6. The van der Waals surface area contributed by atoms with E-state index in [4.69, 9.17) is 0 Å². The summed E-state index contributed by atoms with van der Waals surface area (Å²) in [5, 5.41) is 14.6. The molecule has 0 aliphatic rings. The minimum atomic E-state index is -0.119. The normalized spacial score (nSPS) is 10.9. The van der Waals surface area contributed by atoms with Crippen molar-refractivity contribution in [3.63, 3.8) is 0 Å². The molecule has 6 nitrogen and oxygen atoms in total. The Hall–Kier alpha value is -2.97. The number of hydrogen-bond acceptors (Lipinski definition) is 6. The van der Waals surface area contributed by atoms with Crippen LogP contribution < -0.4 is 5.32 Å². The molecule has 0 aliphatic heterocycles. The zero-order valence-corrected chi connectivity index (χ0v) is 18.3. The molecule has 2 heterocycles. The Kier molecular flexibility index (Phi) is 6.25. The molecular weight excluding hydrogens is 414 g/mol. The number of aryl methyl sites for hydroxylation is 1. The van der Waals surface area contributed by atoms with Gasteiger partial charge in [-0.3, -0.25) is 4.79 Å². The van der Waals surface area contributed by atoms with Crippen LogP contribution >= 0.6 is 23.1 Å². The Bertz CT molecular complexity index is 1140. The summed E-state index contributed by atoms with van der Waals surface area (Å²) in [5.74, 6) is 0.893. The van der Waals surface area contributed by atoms with Gasteiger partial charge in [0.15, 0.2) is 16.1 Å². The quantitative estimate of drug-likeness (QED) is 0.418. The van der Waals surface area contributed by atoms with Crippen molar-refractivity contribution in [3.05, 3.63) is 65.5 Å². The highest BCUT2D eigenvalue weighted by molar-refractivity contribution is 7.99. The first kappa shape index (κ1) is 20.3. The lowest BCUT2D eigenvalue weighted by molar-refractivity contribution is -0.113. The van der Waals surface area contributed by atoms with Gasteiger partial charge in [-0.15, -0.1) is 21.5 Å². The lowest BCUT2D eigenvalue weighted by Crippen LogP contribution is -2.14. The van der Waals surface area contributed by atoms with E-state index in [0.29, 0.717) is 10.3 Å². The Morgan fingerprint density at radius 2 is 1.83 bits per heavy atom. The Morgan fingerprint density at radius 3 is 2.57 bits per heavy atom. The van der Waals surface area contributed by atoms with Crippen molar-refractivity contribution in [1.29, 1.82) is 0 Å². The van der Waals surface area contributed by atoms with Crippen molar-refractivity contribution in [2.75, 3.05) is 11.1 Å². The van der Waals surface area contributed by atoms with Gasteiger partial charge in [0.1, 0.15) is 0 Å². The number of thiazole rings is 1. The molecule has 8 heteroatoms. The molecule has 152 valence electrons. The number of amides is 1. The van der Waals surface area contributed by atoms with Crippen LogP contribution in [0.2, 0.25) is 0 Å². The van der Waals surface area contributed by atoms with Crippen LogP contribution in [0.3, 0.4) is 0 Å². The average Bonchev–Trinajstić information content (AvgIpc) is 3.39. The fraction of sp³-hybridized carbons (Fsp3) is 0.182. The van der Waals surface area contributed by atoms with E-state index >= 15 is 0 Å². The van der Waals surface area contributed by atoms with Crippen LogP contribution in [0.5, 0.6) is 0 Å². The van der Waals surface area contributed by atoms with Crippen LogP contribution in [0, 0.1) is 0 Å². The molecule has 0 aliphatic carbocycles. The SMILES string of the molecule is CCc1ccc(-c2csc(NC(=O)CSc3nnc(-c4ccccc4)n3C)n2)cc1. The Morgan fingerprint density at radius 1 is 1.07 bits per heavy atom. The molecule has 0 radical (unpaired) electrons. The van der Waals surface area contributed by atoms with Gasteiger partial charge in [-0.05, 0) is 12.0 Å². The second-order valence-corrected chi connectivity index (χ2v) is 8.46. The molecule has 1 amide bonds. The summed E-state index contributed by atoms with van der Waals surface area (Å²) < 4.78 is 1.90. The molecular formula is C22H21N5OS2. The van der Waals surface area contributed by atoms with Gasteiger partial charge in [0.2, 0.25) is 5.91 Å². The minimum Gasteiger partial charge on any atom is -0.305 e. The van der Waals surface area contributed by atoms with E-state index in [1.807, 2.05) is 47.3 Å². The van der Waals surface area contributed by atoms with Crippen molar-refractivity contribution >= 4 is 34.1 Å². The predicted molar refractivity (Wildman–Crippen MR) is 123 cm³/mol. The molecule has 1 N–H and O–H groups in total. The number of carbonyl (C=O) groups excluding carboxylic acids is 1. The van der Waals surface area contributed by atoms with Crippen LogP contribution in [-0.4, -0.2) is 31.4 Å². The first-order valence-electron chi connectivity index (χ1n) is 9.56. The van der Waals surface area contributed by atoms with Gasteiger partial charge in [0, 0.05) is 23.6 Å². The number of aromatic nitrogens is 4. The highest BCUT2D eigenvalue weighted by Crippen LogP contribution is 2.26. The van der Waals surface area contributed by atoms with Gasteiger partial charge in [-0.25, -0.2) is 4.98 Å². The summed E-state index contributed by atoms with van der Waals surface area (Å²) in [4.78, 5) is 16.9. The average molecular weight is 436 g/mol. The number of carbonyl (C=O) groups is 1. The molecule has 0 bridgehead atoms. The summed E-state index contributed by atoms with van der Waals surface area (Å²) in [7, 11) is 1.90. The third kappa shape index (κ3) is 4.60. The largest absolute Gasteiger partial charge is 0.305 e. The smallest absolute Gasteiger partial charge is 0.236 e. The van der Waals surface area contributed by atoms with Crippen LogP contribution in [0.25, 0.3) is 22.6 Å². The molecule has 4 rings (SSSR count). The van der Waals surface area contributed by atoms with Crippen molar-refractivity contribution in [2.45, 2.75) is 18.5 Å². The van der Waals surface area contributed by atoms with E-state index in [0.717, 1.165) is 29.1 Å². The second kappa shape index (κ2) is 9.23. The lowest BCUT2D eigenvalue weighted by Gasteiger charge is -2.04. The fourth-order valence-corrected chi connectivity index (χ4v) is 4.39. The van der Waals surface area contributed by atoms with Gasteiger partial charge >= 0.3 is 0 Å². The van der Waals surface area contributed by atoms with Crippen LogP contribution in [0.1, 0.15) is 12.5 Å². The number of rotatable bonds is 7. The molecule has 0 atom stereocenters. The lowest BCUT2D eigenvalue weighted by atomic mass is 10.1. The van der Waals surface area contributed by atoms with E-state index < -0.39 is 0 Å². The van der Waals surface area contributed by atoms with E-state index in [1.54, 1.807) is 0 Å². The van der Waals surface area contributed by atoms with E-state index in [-0.39, 0.29) is 11.7 Å². The topological polar surface area (TPSA) is 72.7 Å². The predicted octanol–water partition coefficient (Wildman–Crippen LogP) is 4.90. The fourth-order valence-electron chi connectivity index (χ4n) is 2.94. The van der Waals surface area contributed by atoms with E-state index in [1.165, 1.54) is 28.7 Å². The summed E-state index contributed by atoms with van der Waals surface area (Å²) >= 11 is 2.77. The minimum absolute atomic E-state index is 0.119. The maximum atomic E-state index is 12.4. The third-order valence-corrected chi connectivity index (χ3v) is 6.39. The Labute approximate surface area is 183 Å². The number of benzene rings is 2. The zero-order chi connectivity index (χ0) is 20.9. The Balaban J connectivity index is 1.35. The first-order valence-corrected chi connectivity index (χ1v) is 11.4. The summed E-state index contributed by atoms with van der Waals surface area (Å²) in [5.41, 5.74) is 4.20. The summed E-state index contributed by atoms with van der Waals surface area (Å²) in [6, 6.07) is 18.2. The van der Waals surface area contributed by atoms with Crippen molar-refractivity contribution in [2.24, 2.45) is 7.05 Å². The number of hydrogen-bond donors (Lipinski definition) is 1. The molecule has 2 aromatic carbocycles. The number of anilines is 1. The van der Waals surface area contributed by atoms with Crippen molar-refractivity contribution in [3.8, 4) is 22.6 Å². The third-order valence-electron chi connectivity index (χ3n) is 4.61. The van der Waals surface area contributed by atoms with Gasteiger partial charge in [0.05, 0.1) is 11.4 Å². The molecule has 4 aromatic rings. The van der Waals surface area contributed by atoms with Crippen molar-refractivity contribution < 1.29 is 4.79 Å². The maximum absolute atomic E-state index is 12.4. The number of thioether (sulfide) groups is 1. The highest BCUT2D eigenvalue weighted by atomic mass is 32.2. The van der Waals surface area contributed by atoms with E-state index in [9.17, 15) is 4.79 Å². The van der Waals surface area contributed by atoms with Crippen LogP contribution in [-0.2, 0) is 18.3 Å². The standard InChI is InChI=1S/C22H21N5OS2/c1-3-15-9-11-16(12-10-15)18-13-29-21(23-18)24-19(28)14-30-22-26-25-20(27(22)2)17-7-5-4-6-8-17/h4-13H,3,14H2,1-2H3,(H,23,24,28).